The molecule has 0 saturated heterocycles. The summed E-state index contributed by atoms with van der Waals surface area (Å²) in [6.45, 7) is 2.67. The maximum Gasteiger partial charge on any atom is 0.250 e. The number of carbonyl (C=O) groups excluding carboxylic acids is 1. The maximum absolute atomic E-state index is 12.1. The Hall–Kier alpha value is -2.55. The number of ether oxygens (including phenoxy) is 2. The van der Waals surface area contributed by atoms with Crippen molar-refractivity contribution in [3.8, 4) is 22.8 Å². The lowest BCUT2D eigenvalue weighted by Crippen LogP contribution is -2.19. The molecule has 3 aromatic rings. The zero-order chi connectivity index (χ0) is 22.1. The summed E-state index contributed by atoms with van der Waals surface area (Å²) in [4.78, 5) is 16.6. The summed E-state index contributed by atoms with van der Waals surface area (Å²) < 4.78 is 11.8. The molecule has 0 aliphatic rings. The summed E-state index contributed by atoms with van der Waals surface area (Å²) in [7, 11) is 1.59. The number of benzene rings is 2. The molecule has 0 fully saturated rings. The molecule has 0 atom stereocenters. The summed E-state index contributed by atoms with van der Waals surface area (Å²) in [5.41, 5.74) is 5.18. The first-order valence-electron chi connectivity index (χ1n) is 9.56. The fourth-order valence-electron chi connectivity index (χ4n) is 2.51. The Morgan fingerprint density at radius 2 is 2.06 bits per heavy atom. The molecule has 0 spiro atoms. The van der Waals surface area contributed by atoms with Crippen LogP contribution in [-0.2, 0) is 4.79 Å². The molecule has 1 amide bonds. The lowest BCUT2D eigenvalue weighted by atomic mass is 10.2. The van der Waals surface area contributed by atoms with Gasteiger partial charge in [0.25, 0.3) is 5.91 Å². The fraction of sp³-hybridized carbons (Fsp3) is 0.227. The van der Waals surface area contributed by atoms with Crippen LogP contribution < -0.4 is 14.9 Å². The van der Waals surface area contributed by atoms with Crippen LogP contribution in [0.4, 0.5) is 0 Å². The second-order valence-electron chi connectivity index (χ2n) is 6.35. The number of rotatable bonds is 10. The molecule has 162 valence electrons. The first-order valence-corrected chi connectivity index (χ1v) is 11.8. The molecule has 0 aliphatic heterocycles. The normalized spacial score (nSPS) is 10.9. The standard InChI is InChI=1S/C22H22ClN3O3S2/c1-3-10-29-19-9-4-15(11-20(19)28-2)12-24-26-21(27)14-31-22-25-18(13-30-22)16-5-7-17(23)8-6-16/h4-9,11-13H,3,10,14H2,1-2H3,(H,26,27)/b24-12+. The third-order valence-electron chi connectivity index (χ3n) is 4.00. The first kappa shape index (κ1) is 23.1. The number of methoxy groups -OCH3 is 1. The predicted octanol–water partition coefficient (Wildman–Crippen LogP) is 5.50. The fourth-order valence-corrected chi connectivity index (χ4v) is 4.26. The van der Waals surface area contributed by atoms with E-state index in [1.54, 1.807) is 13.3 Å². The van der Waals surface area contributed by atoms with Gasteiger partial charge in [0.05, 0.1) is 31.4 Å². The van der Waals surface area contributed by atoms with Crippen LogP contribution in [0.2, 0.25) is 5.02 Å². The van der Waals surface area contributed by atoms with E-state index in [4.69, 9.17) is 21.1 Å². The molecule has 3 rings (SSSR count). The monoisotopic (exact) mass is 475 g/mol. The highest BCUT2D eigenvalue weighted by atomic mass is 35.5. The minimum atomic E-state index is -0.209. The number of amides is 1. The van der Waals surface area contributed by atoms with E-state index in [1.807, 2.05) is 54.8 Å². The van der Waals surface area contributed by atoms with Gasteiger partial charge in [-0.05, 0) is 42.3 Å². The van der Waals surface area contributed by atoms with E-state index in [1.165, 1.54) is 23.1 Å². The highest BCUT2D eigenvalue weighted by Gasteiger charge is 2.08. The summed E-state index contributed by atoms with van der Waals surface area (Å²) >= 11 is 8.79. The average molecular weight is 476 g/mol. The van der Waals surface area contributed by atoms with Crippen molar-refractivity contribution in [2.75, 3.05) is 19.5 Å². The molecular weight excluding hydrogens is 454 g/mol. The molecule has 1 aromatic heterocycles. The Kier molecular flexibility index (Phi) is 8.75. The SMILES string of the molecule is CCCOc1ccc(/C=N/NC(=O)CSc2nc(-c3ccc(Cl)cc3)cs2)cc1OC. The third kappa shape index (κ3) is 6.99. The van der Waals surface area contributed by atoms with Gasteiger partial charge in [-0.1, -0.05) is 42.4 Å². The number of hydrazone groups is 1. The van der Waals surface area contributed by atoms with E-state index in [-0.39, 0.29) is 11.7 Å². The van der Waals surface area contributed by atoms with Crippen LogP contribution in [0.25, 0.3) is 11.3 Å². The molecule has 0 radical (unpaired) electrons. The summed E-state index contributed by atoms with van der Waals surface area (Å²) in [6.07, 6.45) is 2.48. The minimum absolute atomic E-state index is 0.209. The summed E-state index contributed by atoms with van der Waals surface area (Å²) in [5, 5.41) is 6.66. The van der Waals surface area contributed by atoms with Crippen molar-refractivity contribution in [1.82, 2.24) is 10.4 Å². The van der Waals surface area contributed by atoms with E-state index in [0.717, 1.165) is 27.6 Å². The largest absolute Gasteiger partial charge is 0.493 e. The molecule has 2 aromatic carbocycles. The average Bonchev–Trinajstić information content (AvgIpc) is 3.26. The van der Waals surface area contributed by atoms with E-state index < -0.39 is 0 Å². The zero-order valence-corrected chi connectivity index (χ0v) is 19.5. The third-order valence-corrected chi connectivity index (χ3v) is 6.28. The maximum atomic E-state index is 12.1. The molecule has 0 saturated carbocycles. The Morgan fingerprint density at radius 1 is 1.26 bits per heavy atom. The van der Waals surface area contributed by atoms with Gasteiger partial charge in [-0.2, -0.15) is 5.10 Å². The molecule has 31 heavy (non-hydrogen) atoms. The molecule has 1 N–H and O–H groups in total. The molecule has 9 heteroatoms. The second-order valence-corrected chi connectivity index (χ2v) is 8.86. The van der Waals surface area contributed by atoms with Crippen LogP contribution >= 0.6 is 34.7 Å². The first-order chi connectivity index (χ1) is 15.1. The van der Waals surface area contributed by atoms with Gasteiger partial charge in [-0.3, -0.25) is 4.79 Å². The smallest absolute Gasteiger partial charge is 0.250 e. The van der Waals surface area contributed by atoms with Crippen molar-refractivity contribution in [2.45, 2.75) is 17.7 Å². The van der Waals surface area contributed by atoms with E-state index in [0.29, 0.717) is 23.1 Å². The number of nitrogens with one attached hydrogen (secondary N) is 1. The summed E-state index contributed by atoms with van der Waals surface area (Å²) in [6, 6.07) is 13.0. The van der Waals surface area contributed by atoms with Crippen molar-refractivity contribution in [1.29, 1.82) is 0 Å². The van der Waals surface area contributed by atoms with Gasteiger partial charge in [0.1, 0.15) is 0 Å². The van der Waals surface area contributed by atoms with Crippen molar-refractivity contribution >= 4 is 46.8 Å². The number of thioether (sulfide) groups is 1. The van der Waals surface area contributed by atoms with Crippen LogP contribution in [-0.4, -0.2) is 36.6 Å². The Balaban J connectivity index is 1.49. The second kappa shape index (κ2) is 11.7. The number of hydrogen-bond donors (Lipinski definition) is 1. The van der Waals surface area contributed by atoms with Crippen molar-refractivity contribution < 1.29 is 14.3 Å². The van der Waals surface area contributed by atoms with Crippen LogP contribution in [0.15, 0.2) is 57.3 Å². The summed E-state index contributed by atoms with van der Waals surface area (Å²) in [5.74, 6) is 1.32. The Labute approximate surface area is 194 Å². The molecule has 0 bridgehead atoms. The van der Waals surface area contributed by atoms with Crippen LogP contribution in [0.3, 0.4) is 0 Å². The van der Waals surface area contributed by atoms with Crippen LogP contribution in [0.5, 0.6) is 11.5 Å². The highest BCUT2D eigenvalue weighted by molar-refractivity contribution is 8.01. The van der Waals surface area contributed by atoms with Gasteiger partial charge < -0.3 is 9.47 Å². The van der Waals surface area contributed by atoms with Crippen molar-refractivity contribution in [3.05, 3.63) is 58.4 Å². The van der Waals surface area contributed by atoms with Crippen molar-refractivity contribution in [3.63, 3.8) is 0 Å². The minimum Gasteiger partial charge on any atom is -0.493 e. The number of thiazole rings is 1. The topological polar surface area (TPSA) is 72.8 Å². The van der Waals surface area contributed by atoms with E-state index in [2.05, 4.69) is 15.5 Å². The molecule has 6 nitrogen and oxygen atoms in total. The highest BCUT2D eigenvalue weighted by Crippen LogP contribution is 2.29. The molecular formula is C22H22ClN3O3S2. The number of aromatic nitrogens is 1. The number of hydrogen-bond acceptors (Lipinski definition) is 7. The van der Waals surface area contributed by atoms with Gasteiger partial charge in [0.15, 0.2) is 15.8 Å². The number of halogens is 1. The van der Waals surface area contributed by atoms with Gasteiger partial charge in [-0.15, -0.1) is 11.3 Å². The van der Waals surface area contributed by atoms with Crippen LogP contribution in [0, 0.1) is 0 Å². The quantitative estimate of drug-likeness (QED) is 0.238. The molecule has 0 unspecified atom stereocenters. The molecule has 0 aliphatic carbocycles. The Bertz CT molecular complexity index is 1040. The van der Waals surface area contributed by atoms with E-state index >= 15 is 0 Å². The van der Waals surface area contributed by atoms with Gasteiger partial charge >= 0.3 is 0 Å². The van der Waals surface area contributed by atoms with Gasteiger partial charge in [0.2, 0.25) is 0 Å². The lowest BCUT2D eigenvalue weighted by Gasteiger charge is -2.10. The van der Waals surface area contributed by atoms with Gasteiger partial charge in [-0.25, -0.2) is 10.4 Å². The van der Waals surface area contributed by atoms with Crippen LogP contribution in [0.1, 0.15) is 18.9 Å². The lowest BCUT2D eigenvalue weighted by molar-refractivity contribution is -0.118. The van der Waals surface area contributed by atoms with E-state index in [9.17, 15) is 4.79 Å². The van der Waals surface area contributed by atoms with Crippen molar-refractivity contribution in [2.24, 2.45) is 5.10 Å². The number of nitrogens with zero attached hydrogens (tertiary/aromatic N) is 2. The Morgan fingerprint density at radius 3 is 2.81 bits per heavy atom. The number of carbonyl (C=O) groups is 1. The molecule has 1 heterocycles. The predicted molar refractivity (Wildman–Crippen MR) is 128 cm³/mol. The zero-order valence-electron chi connectivity index (χ0n) is 17.1. The van der Waals surface area contributed by atoms with Gasteiger partial charge in [0, 0.05) is 16.0 Å².